The third kappa shape index (κ3) is 13.9. The number of phenols is 2. The van der Waals surface area contributed by atoms with E-state index in [0.717, 1.165) is 36.0 Å². The molecular formula is C36H50Cl3FeO6. The third-order valence-corrected chi connectivity index (χ3v) is 8.35. The van der Waals surface area contributed by atoms with E-state index in [4.69, 9.17) is 30.3 Å². The standard InChI is InChI=1S/C18H28O2.C9H12O2.C9H10O2.3ClH.Fe/c1-5-6-7-8-9-10-11-12-16-15(4)17(19)13(2)14(3)18(16)20;2*1-5-4-8(10)6(2)7(3)9(5)11;;;;/h5-12H2,1-4H3;4,10-11H,1-3H3;4H,1-3H3;3*1H;/q;;;;;;+3/p-3. The molecular weight excluding hydrogens is 691 g/mol. The van der Waals surface area contributed by atoms with E-state index >= 15 is 0 Å². The first kappa shape index (κ1) is 43.8. The van der Waals surface area contributed by atoms with Gasteiger partial charge in [-0.05, 0) is 104 Å². The summed E-state index contributed by atoms with van der Waals surface area (Å²) in [4.78, 5) is 46.5. The molecule has 2 aliphatic carbocycles. The number of allylic oxidation sites excluding steroid dienone is 8. The topological polar surface area (TPSA) is 109 Å². The van der Waals surface area contributed by atoms with Gasteiger partial charge in [0.05, 0.1) is 0 Å². The number of ketones is 4. The maximum atomic E-state index is 12.2. The molecule has 0 aliphatic heterocycles. The van der Waals surface area contributed by atoms with E-state index in [9.17, 15) is 29.4 Å². The van der Waals surface area contributed by atoms with Crippen molar-refractivity contribution in [3.8, 4) is 11.5 Å². The number of hydrogen-bond donors (Lipinski definition) is 2. The van der Waals surface area contributed by atoms with Crippen LogP contribution in [0.5, 0.6) is 11.5 Å². The Bertz CT molecular complexity index is 1390. The van der Waals surface area contributed by atoms with Crippen LogP contribution in [-0.4, -0.2) is 33.3 Å². The summed E-state index contributed by atoms with van der Waals surface area (Å²) in [5.41, 5.74) is 6.58. The molecule has 0 amide bonds. The van der Waals surface area contributed by atoms with Gasteiger partial charge in [0.15, 0.2) is 23.1 Å². The van der Waals surface area contributed by atoms with Gasteiger partial charge in [0.2, 0.25) is 0 Å². The number of carbonyl (C=O) groups excluding carboxylic acids is 4. The molecule has 46 heavy (non-hydrogen) atoms. The summed E-state index contributed by atoms with van der Waals surface area (Å²) in [6, 6.07) is 1.57. The van der Waals surface area contributed by atoms with Crippen molar-refractivity contribution in [3.63, 3.8) is 0 Å². The van der Waals surface area contributed by atoms with Gasteiger partial charge in [0.25, 0.3) is 0 Å². The Kier molecular flexibility index (Phi) is 20.7. The summed E-state index contributed by atoms with van der Waals surface area (Å²) < 4.78 is 0. The average Bonchev–Trinajstić information content (AvgIpc) is 3.00. The average molecular weight is 741 g/mol. The Morgan fingerprint density at radius 3 is 1.59 bits per heavy atom. The molecule has 3 rings (SSSR count). The van der Waals surface area contributed by atoms with Crippen LogP contribution in [0.1, 0.15) is 117 Å². The van der Waals surface area contributed by atoms with Crippen molar-refractivity contribution in [2.24, 2.45) is 0 Å². The summed E-state index contributed by atoms with van der Waals surface area (Å²) in [6.07, 6.45) is 10.8. The quantitative estimate of drug-likeness (QED) is 0.119. The molecule has 0 atom stereocenters. The minimum absolute atomic E-state index is 0.0119. The van der Waals surface area contributed by atoms with Crippen LogP contribution in [0.25, 0.3) is 0 Å². The predicted octanol–water partition coefficient (Wildman–Crippen LogP) is 10.4. The second-order valence-electron chi connectivity index (χ2n) is 11.6. The van der Waals surface area contributed by atoms with Crippen molar-refractivity contribution in [2.45, 2.75) is 121 Å². The van der Waals surface area contributed by atoms with Crippen LogP contribution in [0.4, 0.5) is 0 Å². The fourth-order valence-electron chi connectivity index (χ4n) is 4.78. The van der Waals surface area contributed by atoms with Gasteiger partial charge in [-0.25, -0.2) is 0 Å². The van der Waals surface area contributed by atoms with E-state index in [2.05, 4.69) is 6.92 Å². The second kappa shape index (κ2) is 21.7. The summed E-state index contributed by atoms with van der Waals surface area (Å²) in [5, 5.41) is 18.7. The normalized spacial score (nSPS) is 15.1. The van der Waals surface area contributed by atoms with Crippen LogP contribution in [0.3, 0.4) is 0 Å². The van der Waals surface area contributed by atoms with E-state index in [1.807, 2.05) is 0 Å². The fourth-order valence-corrected chi connectivity index (χ4v) is 4.78. The molecule has 2 N–H and O–H groups in total. The Hall–Kier alpha value is -2.15. The zero-order valence-corrected chi connectivity index (χ0v) is 32.2. The van der Waals surface area contributed by atoms with E-state index in [1.165, 1.54) is 38.2 Å². The van der Waals surface area contributed by atoms with Crippen molar-refractivity contribution in [1.29, 1.82) is 0 Å². The molecule has 1 aromatic carbocycles. The second-order valence-corrected chi connectivity index (χ2v) is 17.1. The van der Waals surface area contributed by atoms with E-state index in [0.29, 0.717) is 39.0 Å². The van der Waals surface area contributed by atoms with E-state index in [-0.39, 0.29) is 34.6 Å². The number of carbonyl (C=O) groups is 4. The van der Waals surface area contributed by atoms with Gasteiger partial charge in [0, 0.05) is 39.0 Å². The van der Waals surface area contributed by atoms with Gasteiger partial charge in [-0.15, -0.1) is 0 Å². The van der Waals surface area contributed by atoms with Crippen molar-refractivity contribution in [3.05, 3.63) is 67.8 Å². The number of phenolic OH excluding ortho intramolecular Hbond substituents is 2. The predicted molar refractivity (Wildman–Crippen MR) is 187 cm³/mol. The molecule has 0 saturated carbocycles. The zero-order valence-electron chi connectivity index (χ0n) is 28.8. The van der Waals surface area contributed by atoms with Crippen LogP contribution in [0.15, 0.2) is 51.2 Å². The Labute approximate surface area is 292 Å². The van der Waals surface area contributed by atoms with Gasteiger partial charge >= 0.3 is 41.5 Å². The summed E-state index contributed by atoms with van der Waals surface area (Å²) in [6.45, 7) is 17.9. The summed E-state index contributed by atoms with van der Waals surface area (Å²) >= 11 is -1.33. The van der Waals surface area contributed by atoms with Crippen molar-refractivity contribution < 1.29 is 40.6 Å². The molecule has 0 radical (unpaired) electrons. The molecule has 0 bridgehead atoms. The molecule has 0 fully saturated rings. The molecule has 6 nitrogen and oxygen atoms in total. The Morgan fingerprint density at radius 1 is 0.609 bits per heavy atom. The molecule has 2 aliphatic rings. The third-order valence-electron chi connectivity index (χ3n) is 8.35. The van der Waals surface area contributed by atoms with Crippen LogP contribution in [0.2, 0.25) is 0 Å². The summed E-state index contributed by atoms with van der Waals surface area (Å²) in [7, 11) is 14.7. The number of unbranched alkanes of at least 4 members (excludes halogenated alkanes) is 6. The molecule has 0 spiro atoms. The molecule has 259 valence electrons. The van der Waals surface area contributed by atoms with Crippen LogP contribution >= 0.6 is 30.3 Å². The molecule has 0 saturated heterocycles. The van der Waals surface area contributed by atoms with Crippen molar-refractivity contribution in [1.82, 2.24) is 0 Å². The van der Waals surface area contributed by atoms with Gasteiger partial charge in [-0.2, -0.15) is 0 Å². The van der Waals surface area contributed by atoms with Gasteiger partial charge in [-0.1, -0.05) is 45.4 Å². The SMILES string of the molecule is CC1=CC(=O)C(C)=C(C)C1=O.CCCCCCCCCC1=C(C)C(=O)C(C)=C(C)C1=O.Cc1cc(O)c(C)c(C)c1O.[Cl][Fe]([Cl])[Cl]. The number of aryl methyl sites for hydroxylation is 1. The van der Waals surface area contributed by atoms with Crippen LogP contribution in [0, 0.1) is 20.8 Å². The zero-order chi connectivity index (χ0) is 35.9. The number of aromatic hydroxyl groups is 2. The maximum absolute atomic E-state index is 12.2. The first-order valence-corrected chi connectivity index (χ1v) is 19.9. The van der Waals surface area contributed by atoms with Crippen LogP contribution in [-0.2, 0) is 30.3 Å². The molecule has 0 unspecified atom stereocenters. The number of Topliss-reactive ketones (excluding diaryl/α,β-unsaturated/α-hetero) is 3. The van der Waals surface area contributed by atoms with Gasteiger partial charge in [0.1, 0.15) is 11.5 Å². The Morgan fingerprint density at radius 2 is 1.07 bits per heavy atom. The van der Waals surface area contributed by atoms with E-state index < -0.39 is 11.2 Å². The molecule has 1 aromatic rings. The van der Waals surface area contributed by atoms with Gasteiger partial charge < -0.3 is 10.2 Å². The van der Waals surface area contributed by atoms with Crippen molar-refractivity contribution in [2.75, 3.05) is 0 Å². The molecule has 0 aromatic heterocycles. The first-order valence-electron chi connectivity index (χ1n) is 15.4. The summed E-state index contributed by atoms with van der Waals surface area (Å²) in [5.74, 6) is 0.616. The molecule has 0 heterocycles. The number of hydrogen-bond acceptors (Lipinski definition) is 6. The number of benzene rings is 1. The van der Waals surface area contributed by atoms with Crippen molar-refractivity contribution >= 4 is 53.4 Å². The van der Waals surface area contributed by atoms with Gasteiger partial charge in [-0.3, -0.25) is 19.2 Å². The fraction of sp³-hybridized carbons (Fsp3) is 0.500. The minimum atomic E-state index is -1.33. The van der Waals surface area contributed by atoms with E-state index in [1.54, 1.807) is 68.4 Å². The first-order chi connectivity index (χ1) is 21.3. The molecule has 10 heteroatoms. The van der Waals surface area contributed by atoms with Crippen LogP contribution < -0.4 is 0 Å². The Balaban J connectivity index is 0.000000661. The number of halogens is 3. The number of rotatable bonds is 8. The monoisotopic (exact) mass is 739 g/mol.